The first-order chi connectivity index (χ1) is 12.7. The van der Waals surface area contributed by atoms with Crippen LogP contribution in [0.15, 0.2) is 71.6 Å². The molecule has 0 saturated carbocycles. The smallest absolute Gasteiger partial charge is 0.0805 e. The molecule has 2 aromatic carbocycles. The van der Waals surface area contributed by atoms with Crippen LogP contribution in [0, 0.1) is 11.8 Å². The average molecular weight is 371 g/mol. The van der Waals surface area contributed by atoms with E-state index in [2.05, 4.69) is 68.5 Å². The lowest BCUT2D eigenvalue weighted by Gasteiger charge is -2.32. The van der Waals surface area contributed by atoms with Crippen molar-refractivity contribution in [3.05, 3.63) is 72.3 Å². The van der Waals surface area contributed by atoms with Crippen LogP contribution in [-0.2, 0) is 9.47 Å². The van der Waals surface area contributed by atoms with Crippen molar-refractivity contribution in [2.75, 3.05) is 20.0 Å². The summed E-state index contributed by atoms with van der Waals surface area (Å²) in [5.41, 5.74) is 1.18. The summed E-state index contributed by atoms with van der Waals surface area (Å²) in [4.78, 5) is 1.30. The SMILES string of the molecule is CO[C@@H]([C@@H](C)[C@@H](/C=C/c1ccccc1)OC)[C@H](C)CSc1ccccc1. The quantitative estimate of drug-likeness (QED) is 0.493. The van der Waals surface area contributed by atoms with E-state index in [0.717, 1.165) is 5.75 Å². The highest BCUT2D eigenvalue weighted by Gasteiger charge is 2.28. The minimum Gasteiger partial charge on any atom is -0.381 e. The third-order valence-corrected chi connectivity index (χ3v) is 5.97. The summed E-state index contributed by atoms with van der Waals surface area (Å²) in [6.45, 7) is 4.47. The van der Waals surface area contributed by atoms with Crippen LogP contribution in [0.2, 0.25) is 0 Å². The summed E-state index contributed by atoms with van der Waals surface area (Å²) >= 11 is 1.88. The van der Waals surface area contributed by atoms with Crippen LogP contribution in [-0.4, -0.2) is 32.2 Å². The summed E-state index contributed by atoms with van der Waals surface area (Å²) in [7, 11) is 3.57. The largest absolute Gasteiger partial charge is 0.381 e. The molecule has 0 fully saturated rings. The first kappa shape index (κ1) is 20.8. The molecule has 0 unspecified atom stereocenters. The van der Waals surface area contributed by atoms with Crippen molar-refractivity contribution in [1.82, 2.24) is 0 Å². The lowest BCUT2D eigenvalue weighted by molar-refractivity contribution is -0.0274. The molecule has 0 aliphatic rings. The van der Waals surface area contributed by atoms with E-state index >= 15 is 0 Å². The van der Waals surface area contributed by atoms with E-state index in [0.29, 0.717) is 5.92 Å². The van der Waals surface area contributed by atoms with Crippen molar-refractivity contribution in [3.8, 4) is 0 Å². The van der Waals surface area contributed by atoms with E-state index in [9.17, 15) is 0 Å². The van der Waals surface area contributed by atoms with Gasteiger partial charge in [-0.3, -0.25) is 0 Å². The second-order valence-corrected chi connectivity index (χ2v) is 7.72. The van der Waals surface area contributed by atoms with Gasteiger partial charge in [-0.1, -0.05) is 74.5 Å². The fourth-order valence-electron chi connectivity index (χ4n) is 3.23. The Balaban J connectivity index is 1.97. The molecule has 0 N–H and O–H groups in total. The Morgan fingerprint density at radius 1 is 0.885 bits per heavy atom. The molecule has 0 spiro atoms. The second kappa shape index (κ2) is 11.2. The van der Waals surface area contributed by atoms with Crippen molar-refractivity contribution in [2.45, 2.75) is 31.0 Å². The number of methoxy groups -OCH3 is 2. The minimum atomic E-state index is 0.0179. The highest BCUT2D eigenvalue weighted by Crippen LogP contribution is 2.28. The van der Waals surface area contributed by atoms with Gasteiger partial charge in [0.25, 0.3) is 0 Å². The molecule has 2 rings (SSSR count). The predicted molar refractivity (Wildman–Crippen MR) is 113 cm³/mol. The predicted octanol–water partition coefficient (Wildman–Crippen LogP) is 5.79. The molecule has 0 radical (unpaired) electrons. The van der Waals surface area contributed by atoms with Gasteiger partial charge in [-0.05, 0) is 23.6 Å². The van der Waals surface area contributed by atoms with Gasteiger partial charge in [-0.25, -0.2) is 0 Å². The van der Waals surface area contributed by atoms with Gasteiger partial charge >= 0.3 is 0 Å². The summed E-state index contributed by atoms with van der Waals surface area (Å²) in [6, 6.07) is 20.8. The lowest BCUT2D eigenvalue weighted by atomic mass is 9.89. The van der Waals surface area contributed by atoms with Gasteiger partial charge < -0.3 is 9.47 Å². The maximum Gasteiger partial charge on any atom is 0.0805 e. The van der Waals surface area contributed by atoms with E-state index < -0.39 is 0 Å². The Hall–Kier alpha value is -1.55. The normalized spacial score (nSPS) is 16.3. The number of ether oxygens (including phenoxy) is 2. The van der Waals surface area contributed by atoms with E-state index in [4.69, 9.17) is 9.47 Å². The zero-order valence-electron chi connectivity index (χ0n) is 16.2. The number of rotatable bonds is 10. The fraction of sp³-hybridized carbons (Fsp3) is 0.391. The second-order valence-electron chi connectivity index (χ2n) is 6.63. The zero-order valence-corrected chi connectivity index (χ0v) is 17.0. The van der Waals surface area contributed by atoms with E-state index in [1.807, 2.05) is 30.0 Å². The number of thioether (sulfide) groups is 1. The van der Waals surface area contributed by atoms with Crippen molar-refractivity contribution < 1.29 is 9.47 Å². The van der Waals surface area contributed by atoms with Crippen LogP contribution in [0.3, 0.4) is 0 Å². The molecule has 3 heteroatoms. The van der Waals surface area contributed by atoms with Crippen LogP contribution >= 0.6 is 11.8 Å². The van der Waals surface area contributed by atoms with Crippen molar-refractivity contribution >= 4 is 17.8 Å². The Labute approximate surface area is 162 Å². The van der Waals surface area contributed by atoms with Gasteiger partial charge in [-0.15, -0.1) is 11.8 Å². The first-order valence-electron chi connectivity index (χ1n) is 9.12. The third kappa shape index (κ3) is 6.31. The van der Waals surface area contributed by atoms with Crippen LogP contribution in [0.25, 0.3) is 6.08 Å². The molecule has 0 saturated heterocycles. The molecule has 2 nitrogen and oxygen atoms in total. The molecule has 2 aromatic rings. The Morgan fingerprint density at radius 3 is 2.08 bits per heavy atom. The molecule has 0 amide bonds. The zero-order chi connectivity index (χ0) is 18.8. The molecule has 0 bridgehead atoms. The van der Waals surface area contributed by atoms with Crippen LogP contribution in [0.1, 0.15) is 19.4 Å². The van der Waals surface area contributed by atoms with Crippen molar-refractivity contribution in [1.29, 1.82) is 0 Å². The highest BCUT2D eigenvalue weighted by atomic mass is 32.2. The first-order valence-corrected chi connectivity index (χ1v) is 10.1. The van der Waals surface area contributed by atoms with E-state index in [1.165, 1.54) is 10.5 Å². The lowest BCUT2D eigenvalue weighted by Crippen LogP contribution is -2.36. The van der Waals surface area contributed by atoms with Gasteiger partial charge in [0, 0.05) is 30.8 Å². The summed E-state index contributed by atoms with van der Waals surface area (Å²) in [5.74, 6) is 1.70. The minimum absolute atomic E-state index is 0.0179. The molecule has 0 heterocycles. The topological polar surface area (TPSA) is 18.5 Å². The molecule has 0 aliphatic carbocycles. The standard InChI is InChI=1S/C23H30O2S/c1-18(17-26-21-13-9-6-10-14-21)23(25-4)19(2)22(24-3)16-15-20-11-7-5-8-12-20/h5-16,18-19,22-23H,17H2,1-4H3/b16-15+/t18-,19+,22-,23-/m1/s1. The van der Waals surface area contributed by atoms with Gasteiger partial charge in [0.2, 0.25) is 0 Å². The maximum atomic E-state index is 5.87. The monoisotopic (exact) mass is 370 g/mol. The van der Waals surface area contributed by atoms with E-state index in [-0.39, 0.29) is 18.1 Å². The average Bonchev–Trinajstić information content (AvgIpc) is 2.69. The highest BCUT2D eigenvalue weighted by molar-refractivity contribution is 7.99. The number of hydrogen-bond acceptors (Lipinski definition) is 3. The van der Waals surface area contributed by atoms with E-state index in [1.54, 1.807) is 14.2 Å². The Kier molecular flexibility index (Phi) is 8.96. The summed E-state index contributed by atoms with van der Waals surface area (Å²) < 4.78 is 11.6. The van der Waals surface area contributed by atoms with Crippen LogP contribution < -0.4 is 0 Å². The molecule has 26 heavy (non-hydrogen) atoms. The number of benzene rings is 2. The Morgan fingerprint density at radius 2 is 1.50 bits per heavy atom. The van der Waals surface area contributed by atoms with Gasteiger partial charge in [0.05, 0.1) is 12.2 Å². The maximum absolute atomic E-state index is 5.87. The van der Waals surface area contributed by atoms with Gasteiger partial charge in [0.15, 0.2) is 0 Å². The van der Waals surface area contributed by atoms with Crippen LogP contribution in [0.5, 0.6) is 0 Å². The Bertz CT molecular complexity index is 642. The van der Waals surface area contributed by atoms with Crippen molar-refractivity contribution in [3.63, 3.8) is 0 Å². The van der Waals surface area contributed by atoms with Gasteiger partial charge in [0.1, 0.15) is 0 Å². The molecular weight excluding hydrogens is 340 g/mol. The van der Waals surface area contributed by atoms with Gasteiger partial charge in [-0.2, -0.15) is 0 Å². The molecule has 140 valence electrons. The molecular formula is C23H30O2S. The van der Waals surface area contributed by atoms with Crippen molar-refractivity contribution in [2.24, 2.45) is 11.8 Å². The fourth-order valence-corrected chi connectivity index (χ4v) is 4.22. The third-order valence-electron chi connectivity index (χ3n) is 4.68. The molecule has 0 aromatic heterocycles. The molecule has 4 atom stereocenters. The van der Waals surface area contributed by atoms with Crippen LogP contribution in [0.4, 0.5) is 0 Å². The number of hydrogen-bond donors (Lipinski definition) is 0. The molecule has 0 aliphatic heterocycles. The summed E-state index contributed by atoms with van der Waals surface area (Å²) in [6.07, 6.45) is 4.42. The summed E-state index contributed by atoms with van der Waals surface area (Å²) in [5, 5.41) is 0.